The van der Waals surface area contributed by atoms with E-state index in [1.807, 2.05) is 30.3 Å². The molecule has 3 N–H and O–H groups in total. The highest BCUT2D eigenvalue weighted by Crippen LogP contribution is 2.34. The maximum atomic E-state index is 5.85. The second-order valence-corrected chi connectivity index (χ2v) is 5.64. The lowest BCUT2D eigenvalue weighted by Crippen LogP contribution is -1.92. The van der Waals surface area contributed by atoms with Gasteiger partial charge in [0.25, 0.3) is 6.01 Å². The van der Waals surface area contributed by atoms with E-state index in [2.05, 4.69) is 42.2 Å². The fourth-order valence-corrected chi connectivity index (χ4v) is 2.94. The summed E-state index contributed by atoms with van der Waals surface area (Å²) in [7, 11) is 0. The van der Waals surface area contributed by atoms with E-state index in [4.69, 9.17) is 10.2 Å². The van der Waals surface area contributed by atoms with Crippen LogP contribution in [-0.4, -0.2) is 4.98 Å². The van der Waals surface area contributed by atoms with E-state index in [1.165, 1.54) is 0 Å². The van der Waals surface area contributed by atoms with Gasteiger partial charge in [0, 0.05) is 8.95 Å². The number of nitrogen functional groups attached to an aromatic ring is 1. The van der Waals surface area contributed by atoms with Gasteiger partial charge in [-0.05, 0) is 56.1 Å². The highest BCUT2D eigenvalue weighted by Gasteiger charge is 2.11. The number of hydrogen-bond donors (Lipinski definition) is 2. The Bertz CT molecular complexity index is 734. The van der Waals surface area contributed by atoms with Crippen LogP contribution in [0, 0.1) is 0 Å². The first-order chi connectivity index (χ1) is 9.15. The fourth-order valence-electron chi connectivity index (χ4n) is 1.75. The second kappa shape index (κ2) is 4.86. The number of aromatic nitrogens is 1. The molecule has 0 amide bonds. The molecule has 3 rings (SSSR count). The first kappa shape index (κ1) is 12.5. The van der Waals surface area contributed by atoms with Crippen LogP contribution in [0.2, 0.25) is 0 Å². The van der Waals surface area contributed by atoms with Crippen molar-refractivity contribution in [3.63, 3.8) is 0 Å². The highest BCUT2D eigenvalue weighted by atomic mass is 79.9. The van der Waals surface area contributed by atoms with E-state index in [-0.39, 0.29) is 0 Å². The zero-order chi connectivity index (χ0) is 13.4. The van der Waals surface area contributed by atoms with Gasteiger partial charge in [-0.25, -0.2) is 0 Å². The molecule has 0 unspecified atom stereocenters. The molecule has 1 aromatic heterocycles. The van der Waals surface area contributed by atoms with Gasteiger partial charge in [-0.1, -0.05) is 12.1 Å². The number of halogens is 2. The molecular weight excluding hydrogens is 374 g/mol. The average Bonchev–Trinajstić information content (AvgIpc) is 2.78. The van der Waals surface area contributed by atoms with Crippen molar-refractivity contribution in [3.05, 3.63) is 45.3 Å². The van der Waals surface area contributed by atoms with Crippen molar-refractivity contribution >= 4 is 60.3 Å². The summed E-state index contributed by atoms with van der Waals surface area (Å²) in [6, 6.07) is 11.7. The first-order valence-corrected chi connectivity index (χ1v) is 7.10. The maximum Gasteiger partial charge on any atom is 0.300 e. The first-order valence-electron chi connectivity index (χ1n) is 5.51. The number of benzene rings is 2. The summed E-state index contributed by atoms with van der Waals surface area (Å²) in [6.45, 7) is 0. The van der Waals surface area contributed by atoms with Crippen molar-refractivity contribution < 1.29 is 4.42 Å². The molecule has 1 heterocycles. The minimum absolute atomic E-state index is 0.403. The zero-order valence-electron chi connectivity index (χ0n) is 9.65. The van der Waals surface area contributed by atoms with Crippen molar-refractivity contribution in [1.82, 2.24) is 4.98 Å². The normalized spacial score (nSPS) is 10.8. The molecule has 4 nitrogen and oxygen atoms in total. The Labute approximate surface area is 126 Å². The van der Waals surface area contributed by atoms with E-state index in [1.54, 1.807) is 6.07 Å². The number of nitrogens with two attached hydrogens (primary N) is 1. The fraction of sp³-hybridized carbons (Fsp3) is 0. The van der Waals surface area contributed by atoms with Crippen LogP contribution in [0.15, 0.2) is 49.8 Å². The summed E-state index contributed by atoms with van der Waals surface area (Å²) < 4.78 is 7.45. The Hall–Kier alpha value is -1.53. The zero-order valence-corrected chi connectivity index (χ0v) is 12.8. The summed E-state index contributed by atoms with van der Waals surface area (Å²) in [6.07, 6.45) is 0. The molecule has 0 spiro atoms. The molecule has 0 aliphatic heterocycles. The molecule has 0 atom stereocenters. The van der Waals surface area contributed by atoms with E-state index < -0.39 is 0 Å². The van der Waals surface area contributed by atoms with E-state index >= 15 is 0 Å². The van der Waals surface area contributed by atoms with Crippen molar-refractivity contribution in [2.75, 3.05) is 11.1 Å². The molecule has 0 saturated heterocycles. The summed E-state index contributed by atoms with van der Waals surface area (Å²) in [5.41, 5.74) is 8.62. The summed E-state index contributed by atoms with van der Waals surface area (Å²) in [5.74, 6) is 0. The van der Waals surface area contributed by atoms with Crippen LogP contribution in [0.3, 0.4) is 0 Å². The Kier molecular flexibility index (Phi) is 3.20. The number of nitrogens with one attached hydrogen (secondary N) is 1. The molecule has 3 aromatic rings. The molecular formula is C13H9Br2N3O. The minimum Gasteiger partial charge on any atom is -0.423 e. The summed E-state index contributed by atoms with van der Waals surface area (Å²) in [5, 5.41) is 3.13. The van der Waals surface area contributed by atoms with Gasteiger partial charge in [0.2, 0.25) is 0 Å². The smallest absolute Gasteiger partial charge is 0.300 e. The SMILES string of the molecule is Nc1cccc2oc(Nc3c(Br)cccc3Br)nc12. The third kappa shape index (κ3) is 2.33. The molecule has 0 aliphatic carbocycles. The molecule has 0 aliphatic rings. The number of nitrogens with zero attached hydrogens (tertiary/aromatic N) is 1. The number of para-hydroxylation sites is 2. The quantitative estimate of drug-likeness (QED) is 0.631. The Morgan fingerprint density at radius 3 is 2.42 bits per heavy atom. The van der Waals surface area contributed by atoms with Crippen LogP contribution in [0.25, 0.3) is 11.1 Å². The average molecular weight is 383 g/mol. The lowest BCUT2D eigenvalue weighted by Gasteiger charge is -2.06. The van der Waals surface area contributed by atoms with Crippen LogP contribution in [0.5, 0.6) is 0 Å². The van der Waals surface area contributed by atoms with Crippen molar-refractivity contribution in [2.45, 2.75) is 0 Å². The molecule has 0 radical (unpaired) electrons. The van der Waals surface area contributed by atoms with Gasteiger partial charge in [0.1, 0.15) is 5.52 Å². The van der Waals surface area contributed by atoms with E-state index in [0.717, 1.165) is 14.6 Å². The molecule has 0 saturated carbocycles. The van der Waals surface area contributed by atoms with Gasteiger partial charge in [0.05, 0.1) is 11.4 Å². The molecule has 0 fully saturated rings. The maximum absolute atomic E-state index is 5.85. The van der Waals surface area contributed by atoms with Gasteiger partial charge in [-0.2, -0.15) is 4.98 Å². The van der Waals surface area contributed by atoms with Crippen molar-refractivity contribution in [1.29, 1.82) is 0 Å². The van der Waals surface area contributed by atoms with Crippen LogP contribution >= 0.6 is 31.9 Å². The third-order valence-electron chi connectivity index (χ3n) is 2.64. The summed E-state index contributed by atoms with van der Waals surface area (Å²) in [4.78, 5) is 4.35. The predicted molar refractivity (Wildman–Crippen MR) is 83.5 cm³/mol. The van der Waals surface area contributed by atoms with Gasteiger partial charge in [0.15, 0.2) is 5.58 Å². The molecule has 6 heteroatoms. The standard InChI is InChI=1S/C13H9Br2N3O/c14-7-3-1-4-8(15)11(7)17-13-18-12-9(16)5-2-6-10(12)19-13/h1-6H,16H2,(H,17,18). The van der Waals surface area contributed by atoms with E-state index in [9.17, 15) is 0 Å². The van der Waals surface area contributed by atoms with Gasteiger partial charge >= 0.3 is 0 Å². The topological polar surface area (TPSA) is 64.1 Å². The number of anilines is 3. The Morgan fingerprint density at radius 1 is 1.05 bits per heavy atom. The third-order valence-corrected chi connectivity index (χ3v) is 3.97. The number of fused-ring (bicyclic) bond motifs is 1. The lowest BCUT2D eigenvalue weighted by molar-refractivity contribution is 0.623. The van der Waals surface area contributed by atoms with Crippen molar-refractivity contribution in [2.24, 2.45) is 0 Å². The predicted octanol–water partition coefficient (Wildman–Crippen LogP) is 4.68. The van der Waals surface area contributed by atoms with Crippen LogP contribution < -0.4 is 11.1 Å². The number of rotatable bonds is 2. The van der Waals surface area contributed by atoms with Crippen molar-refractivity contribution in [3.8, 4) is 0 Å². The summed E-state index contributed by atoms with van der Waals surface area (Å²) >= 11 is 6.95. The second-order valence-electron chi connectivity index (χ2n) is 3.93. The van der Waals surface area contributed by atoms with Gasteiger partial charge in [-0.3, -0.25) is 0 Å². The molecule has 2 aromatic carbocycles. The lowest BCUT2D eigenvalue weighted by atomic mass is 10.3. The van der Waals surface area contributed by atoms with Crippen LogP contribution in [0.4, 0.5) is 17.4 Å². The largest absolute Gasteiger partial charge is 0.423 e. The van der Waals surface area contributed by atoms with Gasteiger partial charge in [-0.15, -0.1) is 0 Å². The number of oxazole rings is 1. The minimum atomic E-state index is 0.403. The van der Waals surface area contributed by atoms with Crippen LogP contribution in [0.1, 0.15) is 0 Å². The molecule has 19 heavy (non-hydrogen) atoms. The molecule has 96 valence electrons. The monoisotopic (exact) mass is 381 g/mol. The Balaban J connectivity index is 2.04. The molecule has 0 bridgehead atoms. The Morgan fingerprint density at radius 2 is 1.74 bits per heavy atom. The van der Waals surface area contributed by atoms with Crippen LogP contribution in [-0.2, 0) is 0 Å². The van der Waals surface area contributed by atoms with Gasteiger partial charge < -0.3 is 15.5 Å². The number of hydrogen-bond acceptors (Lipinski definition) is 4. The van der Waals surface area contributed by atoms with E-state index in [0.29, 0.717) is 22.8 Å². The highest BCUT2D eigenvalue weighted by molar-refractivity contribution is 9.11.